The van der Waals surface area contributed by atoms with Crippen molar-refractivity contribution in [1.82, 2.24) is 4.90 Å². The molecular formula is C20H24N2O. The summed E-state index contributed by atoms with van der Waals surface area (Å²) in [5.74, 6) is -0.321. The molecule has 0 fully saturated rings. The van der Waals surface area contributed by atoms with E-state index in [1.165, 1.54) is 0 Å². The number of carbonyl (C=O) groups is 1. The van der Waals surface area contributed by atoms with Gasteiger partial charge in [0.15, 0.2) is 0 Å². The molecule has 0 bridgehead atoms. The molecule has 0 aliphatic heterocycles. The SMILES string of the molecule is CCCN(CCC)C(=O)CC(C#N)c1cccc2ccccc12. The van der Waals surface area contributed by atoms with Crippen molar-refractivity contribution < 1.29 is 4.79 Å². The highest BCUT2D eigenvalue weighted by molar-refractivity contribution is 5.87. The Balaban J connectivity index is 2.25. The second kappa shape index (κ2) is 8.33. The molecule has 0 N–H and O–H groups in total. The third kappa shape index (κ3) is 4.10. The van der Waals surface area contributed by atoms with Crippen LogP contribution in [0.25, 0.3) is 10.8 Å². The second-order valence-electron chi connectivity index (χ2n) is 5.83. The molecule has 23 heavy (non-hydrogen) atoms. The molecule has 120 valence electrons. The molecule has 0 aromatic heterocycles. The molecule has 3 heteroatoms. The van der Waals surface area contributed by atoms with Crippen LogP contribution < -0.4 is 0 Å². The lowest BCUT2D eigenvalue weighted by molar-refractivity contribution is -0.131. The summed E-state index contributed by atoms with van der Waals surface area (Å²) < 4.78 is 0. The van der Waals surface area contributed by atoms with E-state index in [4.69, 9.17) is 0 Å². The Morgan fingerprint density at radius 1 is 1.09 bits per heavy atom. The zero-order chi connectivity index (χ0) is 16.7. The van der Waals surface area contributed by atoms with Gasteiger partial charge in [-0.25, -0.2) is 0 Å². The van der Waals surface area contributed by atoms with Crippen molar-refractivity contribution in [2.75, 3.05) is 13.1 Å². The molecule has 0 radical (unpaired) electrons. The minimum absolute atomic E-state index is 0.0770. The number of nitrogens with zero attached hydrogens (tertiary/aromatic N) is 2. The van der Waals surface area contributed by atoms with Gasteiger partial charge in [0.25, 0.3) is 0 Å². The molecule has 3 nitrogen and oxygen atoms in total. The molecule has 0 spiro atoms. The summed E-state index contributed by atoms with van der Waals surface area (Å²) in [6.45, 7) is 5.67. The maximum absolute atomic E-state index is 12.6. The summed E-state index contributed by atoms with van der Waals surface area (Å²) in [6, 6.07) is 16.3. The third-order valence-corrected chi connectivity index (χ3v) is 4.07. The van der Waals surface area contributed by atoms with Gasteiger partial charge >= 0.3 is 0 Å². The quantitative estimate of drug-likeness (QED) is 0.756. The normalized spacial score (nSPS) is 11.9. The number of rotatable bonds is 7. The van der Waals surface area contributed by atoms with E-state index in [9.17, 15) is 10.1 Å². The van der Waals surface area contributed by atoms with Gasteiger partial charge in [-0.3, -0.25) is 4.79 Å². The van der Waals surface area contributed by atoms with Crippen LogP contribution in [-0.4, -0.2) is 23.9 Å². The van der Waals surface area contributed by atoms with Gasteiger partial charge in [0.1, 0.15) is 0 Å². The fourth-order valence-electron chi connectivity index (χ4n) is 2.98. The molecule has 0 aliphatic carbocycles. The zero-order valence-electron chi connectivity index (χ0n) is 14.0. The summed E-state index contributed by atoms with van der Waals surface area (Å²) in [5, 5.41) is 11.8. The van der Waals surface area contributed by atoms with E-state index >= 15 is 0 Å². The smallest absolute Gasteiger partial charge is 0.224 e. The Bertz CT molecular complexity index is 691. The second-order valence-corrected chi connectivity index (χ2v) is 5.83. The van der Waals surface area contributed by atoms with Gasteiger partial charge < -0.3 is 4.90 Å². The number of carbonyl (C=O) groups excluding carboxylic acids is 1. The Hall–Kier alpha value is -2.34. The lowest BCUT2D eigenvalue weighted by atomic mass is 9.91. The van der Waals surface area contributed by atoms with Crippen molar-refractivity contribution in [2.45, 2.75) is 39.0 Å². The van der Waals surface area contributed by atoms with E-state index in [1.807, 2.05) is 47.4 Å². The first-order chi connectivity index (χ1) is 11.2. The van der Waals surface area contributed by atoms with E-state index in [1.54, 1.807) is 0 Å². The molecular weight excluding hydrogens is 284 g/mol. The predicted molar refractivity (Wildman–Crippen MR) is 94.1 cm³/mol. The molecule has 2 rings (SSSR count). The summed E-state index contributed by atoms with van der Waals surface area (Å²) in [4.78, 5) is 14.5. The van der Waals surface area contributed by atoms with Crippen LogP contribution in [0.15, 0.2) is 42.5 Å². The molecule has 0 saturated heterocycles. The largest absolute Gasteiger partial charge is 0.343 e. The van der Waals surface area contributed by atoms with Crippen molar-refractivity contribution in [3.05, 3.63) is 48.0 Å². The summed E-state index contributed by atoms with van der Waals surface area (Å²) >= 11 is 0. The van der Waals surface area contributed by atoms with Gasteiger partial charge in [0, 0.05) is 19.5 Å². The summed E-state index contributed by atoms with van der Waals surface area (Å²) in [6.07, 6.45) is 2.14. The van der Waals surface area contributed by atoms with Crippen LogP contribution in [-0.2, 0) is 4.79 Å². The molecule has 1 atom stereocenters. The first kappa shape index (κ1) is 17.0. The Morgan fingerprint density at radius 3 is 2.39 bits per heavy atom. The van der Waals surface area contributed by atoms with Gasteiger partial charge in [-0.05, 0) is 29.2 Å². The van der Waals surface area contributed by atoms with Crippen LogP contribution >= 0.6 is 0 Å². The predicted octanol–water partition coefficient (Wildman–Crippen LogP) is 4.49. The van der Waals surface area contributed by atoms with Crippen molar-refractivity contribution in [2.24, 2.45) is 0 Å². The summed E-state index contributed by atoms with van der Waals surface area (Å²) in [7, 11) is 0. The number of fused-ring (bicyclic) bond motifs is 1. The lowest BCUT2D eigenvalue weighted by Gasteiger charge is -2.23. The number of hydrogen-bond acceptors (Lipinski definition) is 2. The maximum atomic E-state index is 12.6. The van der Waals surface area contributed by atoms with Crippen LogP contribution in [0.1, 0.15) is 44.6 Å². The maximum Gasteiger partial charge on any atom is 0.224 e. The lowest BCUT2D eigenvalue weighted by Crippen LogP contribution is -2.33. The van der Waals surface area contributed by atoms with Gasteiger partial charge in [0.05, 0.1) is 12.0 Å². The van der Waals surface area contributed by atoms with Crippen LogP contribution in [0.4, 0.5) is 0 Å². The van der Waals surface area contributed by atoms with E-state index < -0.39 is 5.92 Å². The Kier molecular flexibility index (Phi) is 6.17. The molecule has 1 amide bonds. The molecule has 0 saturated carbocycles. The van der Waals surface area contributed by atoms with Crippen molar-refractivity contribution in [3.63, 3.8) is 0 Å². The topological polar surface area (TPSA) is 44.1 Å². The van der Waals surface area contributed by atoms with Crippen LogP contribution in [0.2, 0.25) is 0 Å². The minimum Gasteiger partial charge on any atom is -0.343 e. The summed E-state index contributed by atoms with van der Waals surface area (Å²) in [5.41, 5.74) is 0.951. The molecule has 0 aliphatic rings. The molecule has 2 aromatic rings. The standard InChI is InChI=1S/C20H24N2O/c1-3-12-22(13-4-2)20(23)14-17(15-21)19-11-7-9-16-8-5-6-10-18(16)19/h5-11,17H,3-4,12-14H2,1-2H3. The van der Waals surface area contributed by atoms with E-state index in [-0.39, 0.29) is 12.3 Å². The van der Waals surface area contributed by atoms with Gasteiger partial charge in [-0.2, -0.15) is 5.26 Å². The van der Waals surface area contributed by atoms with E-state index in [0.717, 1.165) is 42.3 Å². The molecule has 2 aromatic carbocycles. The minimum atomic E-state index is -0.398. The number of nitriles is 1. The average molecular weight is 308 g/mol. The number of hydrogen-bond donors (Lipinski definition) is 0. The first-order valence-electron chi connectivity index (χ1n) is 8.36. The molecule has 0 heterocycles. The molecule has 1 unspecified atom stereocenters. The van der Waals surface area contributed by atoms with Gasteiger partial charge in [-0.15, -0.1) is 0 Å². The highest BCUT2D eigenvalue weighted by Crippen LogP contribution is 2.28. The number of benzene rings is 2. The fraction of sp³-hybridized carbons (Fsp3) is 0.400. The Labute approximate surface area is 138 Å². The van der Waals surface area contributed by atoms with E-state index in [0.29, 0.717) is 0 Å². The van der Waals surface area contributed by atoms with Crippen molar-refractivity contribution in [1.29, 1.82) is 5.26 Å². The highest BCUT2D eigenvalue weighted by Gasteiger charge is 2.21. The fourth-order valence-corrected chi connectivity index (χ4v) is 2.98. The zero-order valence-corrected chi connectivity index (χ0v) is 14.0. The van der Waals surface area contributed by atoms with E-state index in [2.05, 4.69) is 19.9 Å². The number of amides is 1. The van der Waals surface area contributed by atoms with Gasteiger partial charge in [-0.1, -0.05) is 56.3 Å². The van der Waals surface area contributed by atoms with Crippen LogP contribution in [0.5, 0.6) is 0 Å². The van der Waals surface area contributed by atoms with Crippen molar-refractivity contribution >= 4 is 16.7 Å². The third-order valence-electron chi connectivity index (χ3n) is 4.07. The van der Waals surface area contributed by atoms with Crippen molar-refractivity contribution in [3.8, 4) is 6.07 Å². The first-order valence-corrected chi connectivity index (χ1v) is 8.36. The van der Waals surface area contributed by atoms with Gasteiger partial charge in [0.2, 0.25) is 5.91 Å². The van der Waals surface area contributed by atoms with Crippen LogP contribution in [0.3, 0.4) is 0 Å². The average Bonchev–Trinajstić information content (AvgIpc) is 2.59. The monoisotopic (exact) mass is 308 g/mol. The van der Waals surface area contributed by atoms with Crippen LogP contribution in [0, 0.1) is 11.3 Å². The Morgan fingerprint density at radius 2 is 1.74 bits per heavy atom. The highest BCUT2D eigenvalue weighted by atomic mass is 16.2.